The van der Waals surface area contributed by atoms with E-state index in [0.29, 0.717) is 45.5 Å². The van der Waals surface area contributed by atoms with Crippen molar-refractivity contribution in [2.24, 2.45) is 16.9 Å². The lowest BCUT2D eigenvalue weighted by Gasteiger charge is -2.41. The molecule has 1 aromatic carbocycles. The molecule has 31 heavy (non-hydrogen) atoms. The van der Waals surface area contributed by atoms with Crippen LogP contribution in [0.3, 0.4) is 0 Å². The maximum atomic E-state index is 12.2. The summed E-state index contributed by atoms with van der Waals surface area (Å²) in [6, 6.07) is 5.23. The molecule has 2 fully saturated rings. The predicted molar refractivity (Wildman–Crippen MR) is 123 cm³/mol. The summed E-state index contributed by atoms with van der Waals surface area (Å²) in [5.74, 6) is -0.0888. The van der Waals surface area contributed by atoms with Crippen LogP contribution in [-0.4, -0.2) is 47.7 Å². The molecule has 0 aliphatic carbocycles. The molecule has 2 aliphatic heterocycles. The Morgan fingerprint density at radius 2 is 2.00 bits per heavy atom. The Labute approximate surface area is 194 Å². The molecule has 11 heteroatoms. The van der Waals surface area contributed by atoms with Gasteiger partial charge in [0.25, 0.3) is 5.91 Å². The number of nitrogens with zero attached hydrogens (tertiary/aromatic N) is 3. The van der Waals surface area contributed by atoms with Crippen LogP contribution < -0.4 is 22.1 Å². The monoisotopic (exact) mass is 482 g/mol. The standard InChI is InChI=1S/C20H24Cl2N6O2S/c1-10-15(23)20(9-30-10)5-7-28(8-6-20)18-14(17(25)29)26-19(16(24)27-18)31-12-4-2-3-11(21)13(12)22/h2-4,10,15H,5-9,23H2,1H3,(H2,24,27)(H2,25,29)/t10-,15+/m0/s1. The normalized spacial score (nSPS) is 22.8. The summed E-state index contributed by atoms with van der Waals surface area (Å²) in [4.78, 5) is 23.8. The highest BCUT2D eigenvalue weighted by Crippen LogP contribution is 2.43. The molecule has 166 valence electrons. The van der Waals surface area contributed by atoms with Crippen molar-refractivity contribution in [2.45, 2.75) is 41.8 Å². The number of nitrogen functional groups attached to an aromatic ring is 1. The van der Waals surface area contributed by atoms with Gasteiger partial charge in [0.15, 0.2) is 17.3 Å². The zero-order chi connectivity index (χ0) is 22.3. The molecule has 0 saturated carbocycles. The SMILES string of the molecule is C[C@@H]1OCC2(CCN(c3nc(N)c(Sc4cccc(Cl)c4Cl)nc3C(N)=O)CC2)[C@@H]1N. The second kappa shape index (κ2) is 8.63. The highest BCUT2D eigenvalue weighted by molar-refractivity contribution is 7.99. The van der Waals surface area contributed by atoms with Crippen LogP contribution in [0.5, 0.6) is 0 Å². The average Bonchev–Trinajstić information content (AvgIpc) is 3.01. The van der Waals surface area contributed by atoms with Crippen LogP contribution in [0.25, 0.3) is 0 Å². The summed E-state index contributed by atoms with van der Waals surface area (Å²) < 4.78 is 5.78. The molecular formula is C20H24Cl2N6O2S. The van der Waals surface area contributed by atoms with Crippen molar-refractivity contribution >= 4 is 52.5 Å². The highest BCUT2D eigenvalue weighted by atomic mass is 35.5. The molecule has 3 heterocycles. The van der Waals surface area contributed by atoms with Gasteiger partial charge in [0.2, 0.25) is 0 Å². The summed E-state index contributed by atoms with van der Waals surface area (Å²) in [6.07, 6.45) is 1.69. The number of piperidine rings is 1. The number of hydrogen-bond donors (Lipinski definition) is 3. The van der Waals surface area contributed by atoms with E-state index in [1.807, 2.05) is 11.8 Å². The van der Waals surface area contributed by atoms with Crippen molar-refractivity contribution in [3.05, 3.63) is 33.9 Å². The third-order valence-electron chi connectivity index (χ3n) is 6.13. The van der Waals surface area contributed by atoms with Crippen molar-refractivity contribution in [3.8, 4) is 0 Å². The molecule has 2 atom stereocenters. The van der Waals surface area contributed by atoms with Crippen LogP contribution in [0, 0.1) is 5.41 Å². The third-order valence-corrected chi connectivity index (χ3v) is 8.12. The summed E-state index contributed by atoms with van der Waals surface area (Å²) in [5, 5.41) is 1.14. The second-order valence-electron chi connectivity index (χ2n) is 8.00. The molecule has 8 nitrogen and oxygen atoms in total. The van der Waals surface area contributed by atoms with Gasteiger partial charge >= 0.3 is 0 Å². The number of carbonyl (C=O) groups is 1. The number of carbonyl (C=O) groups excluding carboxylic acids is 1. The molecule has 1 amide bonds. The van der Waals surface area contributed by atoms with Gasteiger partial charge in [0.1, 0.15) is 5.03 Å². The maximum Gasteiger partial charge on any atom is 0.271 e. The molecule has 1 aromatic heterocycles. The first kappa shape index (κ1) is 22.4. The van der Waals surface area contributed by atoms with Gasteiger partial charge < -0.3 is 26.8 Å². The first-order chi connectivity index (χ1) is 14.7. The summed E-state index contributed by atoms with van der Waals surface area (Å²) in [7, 11) is 0. The van der Waals surface area contributed by atoms with Crippen molar-refractivity contribution < 1.29 is 9.53 Å². The maximum absolute atomic E-state index is 12.2. The quantitative estimate of drug-likeness (QED) is 0.605. The van der Waals surface area contributed by atoms with E-state index in [1.165, 1.54) is 11.8 Å². The topological polar surface area (TPSA) is 133 Å². The number of hydrogen-bond acceptors (Lipinski definition) is 8. The van der Waals surface area contributed by atoms with Gasteiger partial charge in [-0.25, -0.2) is 9.97 Å². The van der Waals surface area contributed by atoms with E-state index in [-0.39, 0.29) is 29.1 Å². The van der Waals surface area contributed by atoms with Gasteiger partial charge in [0, 0.05) is 29.4 Å². The third kappa shape index (κ3) is 4.17. The number of nitrogens with two attached hydrogens (primary N) is 3. The van der Waals surface area contributed by atoms with Gasteiger partial charge in [-0.2, -0.15) is 0 Å². The average molecular weight is 483 g/mol. The fourth-order valence-corrected chi connectivity index (χ4v) is 5.50. The van der Waals surface area contributed by atoms with Crippen LogP contribution in [0.15, 0.2) is 28.1 Å². The number of benzene rings is 1. The van der Waals surface area contributed by atoms with E-state index in [1.54, 1.807) is 18.2 Å². The second-order valence-corrected chi connectivity index (χ2v) is 9.81. The number of rotatable bonds is 4. The van der Waals surface area contributed by atoms with Gasteiger partial charge in [-0.05, 0) is 31.9 Å². The number of aromatic nitrogens is 2. The molecule has 0 radical (unpaired) electrons. The zero-order valence-electron chi connectivity index (χ0n) is 17.0. The smallest absolute Gasteiger partial charge is 0.271 e. The molecule has 2 aromatic rings. The fourth-order valence-electron chi connectivity index (χ4n) is 4.19. The first-order valence-corrected chi connectivity index (χ1v) is 11.5. The Morgan fingerprint density at radius 1 is 1.29 bits per heavy atom. The predicted octanol–water partition coefficient (Wildman–Crippen LogP) is 2.95. The minimum Gasteiger partial charge on any atom is -0.381 e. The number of primary amides is 1. The van der Waals surface area contributed by atoms with Crippen LogP contribution in [0.1, 0.15) is 30.3 Å². The lowest BCUT2D eigenvalue weighted by molar-refractivity contribution is 0.0969. The van der Waals surface area contributed by atoms with Crippen LogP contribution in [0.2, 0.25) is 10.0 Å². The Kier molecular flexibility index (Phi) is 6.24. The number of halogens is 2. The van der Waals surface area contributed by atoms with E-state index in [2.05, 4.69) is 9.97 Å². The van der Waals surface area contributed by atoms with E-state index in [0.717, 1.165) is 12.8 Å². The van der Waals surface area contributed by atoms with E-state index in [9.17, 15) is 4.79 Å². The molecule has 6 N–H and O–H groups in total. The van der Waals surface area contributed by atoms with E-state index in [4.69, 9.17) is 45.1 Å². The summed E-state index contributed by atoms with van der Waals surface area (Å²) in [5.41, 5.74) is 18.3. The highest BCUT2D eigenvalue weighted by Gasteiger charge is 2.48. The zero-order valence-corrected chi connectivity index (χ0v) is 19.3. The van der Waals surface area contributed by atoms with Crippen molar-refractivity contribution in [3.63, 3.8) is 0 Å². The summed E-state index contributed by atoms with van der Waals surface area (Å²) in [6.45, 7) is 3.97. The Balaban J connectivity index is 1.60. The molecule has 0 unspecified atom stereocenters. The first-order valence-electron chi connectivity index (χ1n) is 9.93. The molecule has 2 saturated heterocycles. The van der Waals surface area contributed by atoms with Crippen LogP contribution >= 0.6 is 35.0 Å². The molecule has 2 aliphatic rings. The number of anilines is 2. The van der Waals surface area contributed by atoms with Gasteiger partial charge in [-0.1, -0.05) is 41.0 Å². The fraction of sp³-hybridized carbons (Fsp3) is 0.450. The van der Waals surface area contributed by atoms with Gasteiger partial charge in [-0.15, -0.1) is 0 Å². The van der Waals surface area contributed by atoms with Crippen LogP contribution in [-0.2, 0) is 4.74 Å². The number of ether oxygens (including phenoxy) is 1. The largest absolute Gasteiger partial charge is 0.381 e. The Hall–Kier alpha value is -1.78. The minimum absolute atomic E-state index is 0.0114. The molecule has 1 spiro atoms. The van der Waals surface area contributed by atoms with Crippen molar-refractivity contribution in [1.29, 1.82) is 0 Å². The van der Waals surface area contributed by atoms with Crippen LogP contribution in [0.4, 0.5) is 11.6 Å². The summed E-state index contributed by atoms with van der Waals surface area (Å²) >= 11 is 13.5. The molecular weight excluding hydrogens is 459 g/mol. The molecule has 0 bridgehead atoms. The minimum atomic E-state index is -0.670. The van der Waals surface area contributed by atoms with E-state index >= 15 is 0 Å². The molecule has 4 rings (SSSR count). The van der Waals surface area contributed by atoms with Gasteiger partial charge in [0.05, 0.1) is 22.8 Å². The van der Waals surface area contributed by atoms with Crippen molar-refractivity contribution in [1.82, 2.24) is 9.97 Å². The number of amides is 1. The Morgan fingerprint density at radius 3 is 2.61 bits per heavy atom. The lowest BCUT2D eigenvalue weighted by atomic mass is 9.73. The Bertz CT molecular complexity index is 1020. The van der Waals surface area contributed by atoms with E-state index < -0.39 is 5.91 Å². The lowest BCUT2D eigenvalue weighted by Crippen LogP contribution is -2.51. The van der Waals surface area contributed by atoms with Crippen molar-refractivity contribution in [2.75, 3.05) is 30.3 Å². The van der Waals surface area contributed by atoms with Gasteiger partial charge in [-0.3, -0.25) is 4.79 Å².